The van der Waals surface area contributed by atoms with Crippen molar-refractivity contribution in [2.45, 2.75) is 13.8 Å². The van der Waals surface area contributed by atoms with Crippen molar-refractivity contribution in [3.8, 4) is 22.6 Å². The summed E-state index contributed by atoms with van der Waals surface area (Å²) >= 11 is 0. The first-order chi connectivity index (χ1) is 14.5. The number of ether oxygens (including phenoxy) is 3. The lowest BCUT2D eigenvalue weighted by atomic mass is 10.0. The molecule has 0 saturated carbocycles. The maximum Gasteiger partial charge on any atom is 0.357 e. The van der Waals surface area contributed by atoms with Gasteiger partial charge in [0, 0.05) is 24.4 Å². The molecule has 0 aliphatic carbocycles. The van der Waals surface area contributed by atoms with Crippen LogP contribution < -0.4 is 14.8 Å². The first kappa shape index (κ1) is 19.6. The zero-order valence-electron chi connectivity index (χ0n) is 17.0. The molecule has 30 heavy (non-hydrogen) atoms. The van der Waals surface area contributed by atoms with Gasteiger partial charge in [0.25, 0.3) is 5.91 Å². The average molecular weight is 406 g/mol. The van der Waals surface area contributed by atoms with Crippen LogP contribution in [-0.4, -0.2) is 29.8 Å². The summed E-state index contributed by atoms with van der Waals surface area (Å²) in [5.41, 5.74) is 3.50. The molecule has 154 valence electrons. The number of anilines is 1. The number of nitrogens with one attached hydrogen (secondary N) is 1. The minimum absolute atomic E-state index is 0.165. The molecule has 7 nitrogen and oxygen atoms in total. The van der Waals surface area contributed by atoms with Gasteiger partial charge in [0.2, 0.25) is 6.79 Å². The highest BCUT2D eigenvalue weighted by molar-refractivity contribution is 6.11. The summed E-state index contributed by atoms with van der Waals surface area (Å²) in [5.74, 6) is 0.468. The second-order valence-corrected chi connectivity index (χ2v) is 6.93. The van der Waals surface area contributed by atoms with E-state index in [-0.39, 0.29) is 25.0 Å². The van der Waals surface area contributed by atoms with Gasteiger partial charge in [-0.2, -0.15) is 0 Å². The first-order valence-corrected chi connectivity index (χ1v) is 9.63. The Morgan fingerprint density at radius 2 is 1.90 bits per heavy atom. The topological polar surface area (TPSA) is 78.8 Å². The Balaban J connectivity index is 1.81. The van der Waals surface area contributed by atoms with E-state index >= 15 is 0 Å². The third kappa shape index (κ3) is 3.50. The highest BCUT2D eigenvalue weighted by Gasteiger charge is 2.26. The Labute approximate surface area is 174 Å². The van der Waals surface area contributed by atoms with Crippen molar-refractivity contribution in [3.05, 3.63) is 65.5 Å². The van der Waals surface area contributed by atoms with E-state index in [1.54, 1.807) is 36.9 Å². The van der Waals surface area contributed by atoms with Gasteiger partial charge in [0.15, 0.2) is 17.2 Å². The number of esters is 1. The molecule has 7 heteroatoms. The smallest absolute Gasteiger partial charge is 0.357 e. The minimum atomic E-state index is -0.507. The number of aryl methyl sites for hydroxylation is 2. The van der Waals surface area contributed by atoms with Gasteiger partial charge >= 0.3 is 5.97 Å². The lowest BCUT2D eigenvalue weighted by molar-refractivity contribution is 0.0516. The van der Waals surface area contributed by atoms with Crippen molar-refractivity contribution in [3.63, 3.8) is 0 Å². The molecule has 4 rings (SSSR count). The summed E-state index contributed by atoms with van der Waals surface area (Å²) in [6.45, 7) is 4.00. The van der Waals surface area contributed by atoms with Gasteiger partial charge in [-0.15, -0.1) is 0 Å². The molecule has 0 saturated heterocycles. The van der Waals surface area contributed by atoms with Crippen LogP contribution in [0.25, 0.3) is 11.1 Å². The molecule has 0 fully saturated rings. The Morgan fingerprint density at radius 1 is 1.13 bits per heavy atom. The van der Waals surface area contributed by atoms with E-state index in [0.717, 1.165) is 11.1 Å². The monoisotopic (exact) mass is 406 g/mol. The lowest BCUT2D eigenvalue weighted by Crippen LogP contribution is -2.18. The largest absolute Gasteiger partial charge is 0.461 e. The number of hydrogen-bond acceptors (Lipinski definition) is 5. The number of carbonyl (C=O) groups is 2. The molecule has 2 aromatic carbocycles. The highest BCUT2D eigenvalue weighted by Crippen LogP contribution is 2.40. The number of carbonyl (C=O) groups excluding carboxylic acids is 2. The van der Waals surface area contributed by atoms with Gasteiger partial charge in [0.05, 0.1) is 12.3 Å². The van der Waals surface area contributed by atoms with Gasteiger partial charge < -0.3 is 24.1 Å². The number of nitrogens with zero attached hydrogens (tertiary/aromatic N) is 1. The van der Waals surface area contributed by atoms with Crippen molar-refractivity contribution >= 4 is 17.6 Å². The van der Waals surface area contributed by atoms with Gasteiger partial charge in [-0.3, -0.25) is 4.79 Å². The zero-order chi connectivity index (χ0) is 21.3. The van der Waals surface area contributed by atoms with Crippen LogP contribution in [0, 0.1) is 6.92 Å². The summed E-state index contributed by atoms with van der Waals surface area (Å²) in [4.78, 5) is 25.7. The van der Waals surface area contributed by atoms with Gasteiger partial charge in [-0.25, -0.2) is 4.79 Å². The van der Waals surface area contributed by atoms with E-state index in [1.165, 1.54) is 0 Å². The van der Waals surface area contributed by atoms with Gasteiger partial charge in [-0.05, 0) is 43.2 Å². The number of amides is 1. The normalized spacial score (nSPS) is 12.0. The maximum absolute atomic E-state index is 13.0. The van der Waals surface area contributed by atoms with Crippen LogP contribution in [0.1, 0.15) is 33.3 Å². The molecule has 0 bridgehead atoms. The van der Waals surface area contributed by atoms with E-state index in [4.69, 9.17) is 14.2 Å². The van der Waals surface area contributed by atoms with Crippen molar-refractivity contribution in [2.75, 3.05) is 18.7 Å². The van der Waals surface area contributed by atoms with Crippen LogP contribution in [0.15, 0.2) is 48.7 Å². The van der Waals surface area contributed by atoms with E-state index in [0.29, 0.717) is 28.3 Å². The minimum Gasteiger partial charge on any atom is -0.461 e. The second kappa shape index (κ2) is 7.94. The molecule has 0 spiro atoms. The number of rotatable bonds is 5. The van der Waals surface area contributed by atoms with Crippen LogP contribution in [0.4, 0.5) is 5.69 Å². The van der Waals surface area contributed by atoms with Gasteiger partial charge in [0.1, 0.15) is 0 Å². The predicted octanol–water partition coefficient (Wildman–Crippen LogP) is 4.16. The first-order valence-electron chi connectivity index (χ1n) is 9.63. The molecule has 1 aliphatic heterocycles. The Hall–Kier alpha value is -3.74. The number of hydrogen-bond donors (Lipinski definition) is 1. The number of aromatic nitrogens is 1. The molecule has 0 radical (unpaired) electrons. The van der Waals surface area contributed by atoms with E-state index in [1.807, 2.05) is 37.3 Å². The van der Waals surface area contributed by atoms with Crippen LogP contribution in [0.3, 0.4) is 0 Å². The van der Waals surface area contributed by atoms with Crippen LogP contribution in [-0.2, 0) is 11.8 Å². The number of fused-ring (bicyclic) bond motifs is 1. The predicted molar refractivity (Wildman–Crippen MR) is 112 cm³/mol. The summed E-state index contributed by atoms with van der Waals surface area (Å²) in [5, 5.41) is 2.93. The SMILES string of the molecule is CCOC(=O)c1c(NC(=O)c2ccccc2C)c(-c2ccc3c(c2)OCO3)cn1C. The third-order valence-corrected chi connectivity index (χ3v) is 4.96. The van der Waals surface area contributed by atoms with Gasteiger partial charge in [-0.1, -0.05) is 24.3 Å². The van der Waals surface area contributed by atoms with Crippen molar-refractivity contribution in [2.24, 2.45) is 7.05 Å². The van der Waals surface area contributed by atoms with Crippen LogP contribution in [0.5, 0.6) is 11.5 Å². The van der Waals surface area contributed by atoms with Crippen molar-refractivity contribution in [1.82, 2.24) is 4.57 Å². The van der Waals surface area contributed by atoms with Crippen molar-refractivity contribution < 1.29 is 23.8 Å². The lowest BCUT2D eigenvalue weighted by Gasteiger charge is -2.12. The molecule has 2 heterocycles. The van der Waals surface area contributed by atoms with E-state index < -0.39 is 5.97 Å². The quantitative estimate of drug-likeness (QED) is 0.644. The average Bonchev–Trinajstić information content (AvgIpc) is 3.32. The zero-order valence-corrected chi connectivity index (χ0v) is 17.0. The maximum atomic E-state index is 13.0. The van der Waals surface area contributed by atoms with Crippen LogP contribution in [0.2, 0.25) is 0 Å². The Kier molecular flexibility index (Phi) is 5.18. The molecule has 3 aromatic rings. The molecule has 1 aliphatic rings. The fourth-order valence-electron chi connectivity index (χ4n) is 3.49. The fraction of sp³-hybridized carbons (Fsp3) is 0.217. The molecule has 1 N–H and O–H groups in total. The molecule has 0 atom stereocenters. The Bertz CT molecular complexity index is 1130. The molecular formula is C23H22N2O5. The van der Waals surface area contributed by atoms with E-state index in [9.17, 15) is 9.59 Å². The van der Waals surface area contributed by atoms with Crippen LogP contribution >= 0.6 is 0 Å². The molecule has 1 amide bonds. The number of benzene rings is 2. The highest BCUT2D eigenvalue weighted by atomic mass is 16.7. The second-order valence-electron chi connectivity index (χ2n) is 6.93. The standard InChI is InChI=1S/C23H22N2O5/c1-4-28-23(27)21-20(24-22(26)16-8-6-5-7-14(16)2)17(12-25(21)3)15-9-10-18-19(11-15)30-13-29-18/h5-12H,4,13H2,1-3H3,(H,24,26). The summed E-state index contributed by atoms with van der Waals surface area (Å²) < 4.78 is 17.8. The van der Waals surface area contributed by atoms with Crippen molar-refractivity contribution in [1.29, 1.82) is 0 Å². The molecule has 0 unspecified atom stereocenters. The summed E-state index contributed by atoms with van der Waals surface area (Å²) in [6, 6.07) is 12.8. The fourth-order valence-corrected chi connectivity index (χ4v) is 3.49. The van der Waals surface area contributed by atoms with E-state index in [2.05, 4.69) is 5.32 Å². The Morgan fingerprint density at radius 3 is 2.67 bits per heavy atom. The molecule has 1 aromatic heterocycles. The summed E-state index contributed by atoms with van der Waals surface area (Å²) in [7, 11) is 1.74. The molecular weight excluding hydrogens is 384 g/mol. The third-order valence-electron chi connectivity index (χ3n) is 4.96. The summed E-state index contributed by atoms with van der Waals surface area (Å²) in [6.07, 6.45) is 1.79.